The first-order valence-electron chi connectivity index (χ1n) is 10.4. The lowest BCUT2D eigenvalue weighted by Crippen LogP contribution is -2.49. The number of hydrogen-bond acceptors (Lipinski definition) is 5. The molecule has 2 amide bonds. The number of amides is 2. The molecular formula is C23H28N4O3. The summed E-state index contributed by atoms with van der Waals surface area (Å²) in [7, 11) is 0. The molecule has 1 aromatic heterocycles. The third kappa shape index (κ3) is 4.10. The molecule has 30 heavy (non-hydrogen) atoms. The van der Waals surface area contributed by atoms with Gasteiger partial charge in [0.25, 0.3) is 5.91 Å². The Morgan fingerprint density at radius 2 is 1.83 bits per heavy atom. The van der Waals surface area contributed by atoms with Gasteiger partial charge in [-0.1, -0.05) is 18.2 Å². The number of carbonyl (C=O) groups excluding carboxylic acids is 2. The van der Waals surface area contributed by atoms with Crippen LogP contribution in [0.5, 0.6) is 0 Å². The molecule has 2 aromatic rings. The normalized spacial score (nSPS) is 19.2. The molecule has 0 aliphatic carbocycles. The van der Waals surface area contributed by atoms with Crippen LogP contribution in [0.3, 0.4) is 0 Å². The van der Waals surface area contributed by atoms with Crippen molar-refractivity contribution >= 4 is 17.8 Å². The van der Waals surface area contributed by atoms with Crippen molar-refractivity contribution in [3.05, 3.63) is 58.8 Å². The fourth-order valence-corrected chi connectivity index (χ4v) is 4.06. The molecule has 2 fully saturated rings. The summed E-state index contributed by atoms with van der Waals surface area (Å²) in [5, 5.41) is 0. The van der Waals surface area contributed by atoms with Gasteiger partial charge in [-0.3, -0.25) is 9.69 Å². The van der Waals surface area contributed by atoms with Gasteiger partial charge in [-0.05, 0) is 49.6 Å². The lowest BCUT2D eigenvalue weighted by atomic mass is 10.1. The Kier molecular flexibility index (Phi) is 5.61. The maximum Gasteiger partial charge on any atom is 0.410 e. The molecule has 0 N–H and O–H groups in total. The average Bonchev–Trinajstić information content (AvgIpc) is 3.06. The lowest BCUT2D eigenvalue weighted by molar-refractivity contribution is 0.0746. The fourth-order valence-electron chi connectivity index (χ4n) is 4.06. The van der Waals surface area contributed by atoms with Gasteiger partial charge in [0.1, 0.15) is 12.4 Å². The lowest BCUT2D eigenvalue weighted by Gasteiger charge is -2.36. The van der Waals surface area contributed by atoms with Crippen molar-refractivity contribution in [1.82, 2.24) is 14.8 Å². The molecule has 7 nitrogen and oxygen atoms in total. The second-order valence-electron chi connectivity index (χ2n) is 8.18. The molecule has 2 aliphatic heterocycles. The van der Waals surface area contributed by atoms with Crippen molar-refractivity contribution in [1.29, 1.82) is 0 Å². The van der Waals surface area contributed by atoms with Crippen LogP contribution in [0.4, 0.5) is 10.6 Å². The van der Waals surface area contributed by atoms with Gasteiger partial charge in [0.15, 0.2) is 0 Å². The highest BCUT2D eigenvalue weighted by atomic mass is 16.6. The number of benzene rings is 1. The van der Waals surface area contributed by atoms with Crippen molar-refractivity contribution in [2.24, 2.45) is 0 Å². The van der Waals surface area contributed by atoms with E-state index < -0.39 is 0 Å². The molecule has 4 rings (SSSR count). The number of cyclic esters (lactones) is 1. The molecule has 0 saturated carbocycles. The summed E-state index contributed by atoms with van der Waals surface area (Å²) in [6.07, 6.45) is 1.61. The molecule has 0 spiro atoms. The largest absolute Gasteiger partial charge is 0.447 e. The van der Waals surface area contributed by atoms with Gasteiger partial charge >= 0.3 is 6.09 Å². The van der Waals surface area contributed by atoms with E-state index in [-0.39, 0.29) is 18.0 Å². The summed E-state index contributed by atoms with van der Waals surface area (Å²) in [5.41, 5.74) is 3.99. The first-order chi connectivity index (χ1) is 14.4. The van der Waals surface area contributed by atoms with E-state index >= 15 is 0 Å². The SMILES string of the molecule is Cc1cnc(N2CCN(C(=O)c3ccc(CN4C(=O)OCC4C)cc3)CC2)c(C)c1. The molecular weight excluding hydrogens is 380 g/mol. The number of anilines is 1. The van der Waals surface area contributed by atoms with Crippen LogP contribution < -0.4 is 4.90 Å². The highest BCUT2D eigenvalue weighted by molar-refractivity contribution is 5.94. The first kappa shape index (κ1) is 20.2. The standard InChI is InChI=1S/C23H28N4O3/c1-16-12-17(2)21(24-13-16)25-8-10-26(11-9-25)22(28)20-6-4-19(5-7-20)14-27-18(3)15-30-23(27)29/h4-7,12-13,18H,8-11,14-15H2,1-3H3. The molecule has 1 aromatic carbocycles. The highest BCUT2D eigenvalue weighted by Crippen LogP contribution is 2.21. The van der Waals surface area contributed by atoms with Crippen LogP contribution in [0.25, 0.3) is 0 Å². The van der Waals surface area contributed by atoms with E-state index in [1.54, 1.807) is 4.90 Å². The zero-order chi connectivity index (χ0) is 21.3. The molecule has 158 valence electrons. The van der Waals surface area contributed by atoms with E-state index in [1.165, 1.54) is 5.56 Å². The molecule has 1 unspecified atom stereocenters. The van der Waals surface area contributed by atoms with Crippen LogP contribution in [0.1, 0.15) is 34.0 Å². The van der Waals surface area contributed by atoms with E-state index in [4.69, 9.17) is 4.74 Å². The van der Waals surface area contributed by atoms with Crippen LogP contribution in [0.2, 0.25) is 0 Å². The zero-order valence-corrected chi connectivity index (χ0v) is 17.8. The Labute approximate surface area is 177 Å². The van der Waals surface area contributed by atoms with E-state index in [0.717, 1.165) is 30.0 Å². The third-order valence-electron chi connectivity index (χ3n) is 5.82. The number of aryl methyl sites for hydroxylation is 2. The van der Waals surface area contributed by atoms with E-state index in [0.29, 0.717) is 31.8 Å². The zero-order valence-electron chi connectivity index (χ0n) is 17.8. The van der Waals surface area contributed by atoms with Gasteiger partial charge in [0.2, 0.25) is 0 Å². The highest BCUT2D eigenvalue weighted by Gasteiger charge is 2.29. The monoisotopic (exact) mass is 408 g/mol. The summed E-state index contributed by atoms with van der Waals surface area (Å²) in [6, 6.07) is 9.75. The van der Waals surface area contributed by atoms with Crippen LogP contribution in [0, 0.1) is 13.8 Å². The van der Waals surface area contributed by atoms with E-state index in [2.05, 4.69) is 22.9 Å². The van der Waals surface area contributed by atoms with E-state index in [9.17, 15) is 9.59 Å². The van der Waals surface area contributed by atoms with Gasteiger partial charge in [-0.15, -0.1) is 0 Å². The van der Waals surface area contributed by atoms with Crippen molar-refractivity contribution in [2.75, 3.05) is 37.7 Å². The molecule has 2 saturated heterocycles. The van der Waals surface area contributed by atoms with Gasteiger partial charge in [0, 0.05) is 44.5 Å². The van der Waals surface area contributed by atoms with E-state index in [1.807, 2.05) is 49.2 Å². The predicted molar refractivity (Wildman–Crippen MR) is 115 cm³/mol. The van der Waals surface area contributed by atoms with Crippen molar-refractivity contribution in [3.8, 4) is 0 Å². The van der Waals surface area contributed by atoms with Crippen LogP contribution >= 0.6 is 0 Å². The maximum atomic E-state index is 12.9. The number of pyridine rings is 1. The Hall–Kier alpha value is -3.09. The second kappa shape index (κ2) is 8.34. The Bertz CT molecular complexity index is 936. The molecule has 7 heteroatoms. The van der Waals surface area contributed by atoms with Crippen molar-refractivity contribution in [2.45, 2.75) is 33.4 Å². The van der Waals surface area contributed by atoms with Crippen LogP contribution in [-0.4, -0.2) is 65.6 Å². The molecule has 1 atom stereocenters. The number of ether oxygens (including phenoxy) is 1. The minimum absolute atomic E-state index is 0.0451. The number of hydrogen-bond donors (Lipinski definition) is 0. The summed E-state index contributed by atoms with van der Waals surface area (Å²) in [4.78, 5) is 35.1. The molecule has 3 heterocycles. The van der Waals surface area contributed by atoms with Gasteiger partial charge in [0.05, 0.1) is 6.04 Å². The summed E-state index contributed by atoms with van der Waals surface area (Å²) >= 11 is 0. The van der Waals surface area contributed by atoms with Crippen LogP contribution in [0.15, 0.2) is 36.5 Å². The van der Waals surface area contributed by atoms with Gasteiger partial charge < -0.3 is 14.5 Å². The van der Waals surface area contributed by atoms with Crippen molar-refractivity contribution < 1.29 is 14.3 Å². The number of rotatable bonds is 4. The smallest absolute Gasteiger partial charge is 0.410 e. The maximum absolute atomic E-state index is 12.9. The minimum Gasteiger partial charge on any atom is -0.447 e. The number of aromatic nitrogens is 1. The fraction of sp³-hybridized carbons (Fsp3) is 0.435. The van der Waals surface area contributed by atoms with Gasteiger partial charge in [-0.2, -0.15) is 0 Å². The summed E-state index contributed by atoms with van der Waals surface area (Å²) < 4.78 is 5.06. The number of carbonyl (C=O) groups is 2. The second-order valence-corrected chi connectivity index (χ2v) is 8.18. The molecule has 0 radical (unpaired) electrons. The number of piperazine rings is 1. The molecule has 0 bridgehead atoms. The Morgan fingerprint density at radius 1 is 1.13 bits per heavy atom. The Morgan fingerprint density at radius 3 is 2.43 bits per heavy atom. The molecule has 2 aliphatic rings. The minimum atomic E-state index is -0.279. The first-order valence-corrected chi connectivity index (χ1v) is 10.4. The predicted octanol–water partition coefficient (Wildman–Crippen LogP) is 3.00. The van der Waals surface area contributed by atoms with Gasteiger partial charge in [-0.25, -0.2) is 9.78 Å². The average molecular weight is 409 g/mol. The summed E-state index contributed by atoms with van der Waals surface area (Å²) in [6.45, 7) is 9.91. The quantitative estimate of drug-likeness (QED) is 0.778. The van der Waals surface area contributed by atoms with Crippen molar-refractivity contribution in [3.63, 3.8) is 0 Å². The summed E-state index contributed by atoms with van der Waals surface area (Å²) in [5.74, 6) is 1.05. The number of nitrogens with zero attached hydrogens (tertiary/aromatic N) is 4. The Balaban J connectivity index is 1.35. The van der Waals surface area contributed by atoms with Crippen LogP contribution in [-0.2, 0) is 11.3 Å². The third-order valence-corrected chi connectivity index (χ3v) is 5.82. The topological polar surface area (TPSA) is 66.0 Å².